The molecule has 3 aromatic rings. The van der Waals surface area contributed by atoms with E-state index in [0.717, 1.165) is 83.1 Å². The molecule has 182 valence electrons. The molecule has 6 nitrogen and oxygen atoms in total. The molecule has 3 fully saturated rings. The lowest BCUT2D eigenvalue weighted by Gasteiger charge is -2.23. The van der Waals surface area contributed by atoms with Gasteiger partial charge in [-0.3, -0.25) is 24.5 Å². The van der Waals surface area contributed by atoms with Crippen LogP contribution in [-0.2, 0) is 9.59 Å². The molecule has 2 aliphatic heterocycles. The summed E-state index contributed by atoms with van der Waals surface area (Å²) in [5, 5.41) is 2.24. The second kappa shape index (κ2) is 8.23. The van der Waals surface area contributed by atoms with Gasteiger partial charge in [0.1, 0.15) is 11.4 Å². The molecule has 0 N–H and O–H groups in total. The summed E-state index contributed by atoms with van der Waals surface area (Å²) in [6.07, 6.45) is 6.58. The SMILES string of the molecule is O=C(C1CC1)N1CC[C@@H](CN2C(=O)C3(CC3)N=C2c2ccc(-c3cc4cc(Br)ccc4cn3)cc2)C1. The molecule has 1 atom stereocenters. The van der Waals surface area contributed by atoms with Crippen LogP contribution in [0.4, 0.5) is 0 Å². The molecule has 3 heterocycles. The average Bonchev–Trinajstić information content (AvgIpc) is 3.82. The van der Waals surface area contributed by atoms with Gasteiger partial charge in [0.05, 0.1) is 5.69 Å². The summed E-state index contributed by atoms with van der Waals surface area (Å²) in [5.41, 5.74) is 2.37. The number of nitrogens with zero attached hydrogens (tertiary/aromatic N) is 4. The van der Waals surface area contributed by atoms with E-state index in [9.17, 15) is 9.59 Å². The van der Waals surface area contributed by atoms with Crippen LogP contribution in [0, 0.1) is 11.8 Å². The Hall–Kier alpha value is -3.06. The van der Waals surface area contributed by atoms with Crippen molar-refractivity contribution in [2.24, 2.45) is 16.8 Å². The van der Waals surface area contributed by atoms with Crippen LogP contribution in [0.5, 0.6) is 0 Å². The van der Waals surface area contributed by atoms with Crippen LogP contribution in [-0.4, -0.2) is 57.6 Å². The maximum Gasteiger partial charge on any atom is 0.256 e. The fourth-order valence-electron chi connectivity index (χ4n) is 5.58. The highest BCUT2D eigenvalue weighted by atomic mass is 79.9. The van der Waals surface area contributed by atoms with E-state index in [1.807, 2.05) is 22.1 Å². The van der Waals surface area contributed by atoms with E-state index in [0.29, 0.717) is 18.4 Å². The number of halogens is 1. The largest absolute Gasteiger partial charge is 0.342 e. The Bertz CT molecular complexity index is 1420. The highest BCUT2D eigenvalue weighted by Crippen LogP contribution is 2.46. The maximum absolute atomic E-state index is 13.4. The zero-order valence-electron chi connectivity index (χ0n) is 20.0. The first-order valence-corrected chi connectivity index (χ1v) is 13.7. The minimum atomic E-state index is -0.538. The minimum Gasteiger partial charge on any atom is -0.342 e. The lowest BCUT2D eigenvalue weighted by Crippen LogP contribution is -2.40. The second-order valence-electron chi connectivity index (χ2n) is 10.7. The Morgan fingerprint density at radius 3 is 2.53 bits per heavy atom. The lowest BCUT2D eigenvalue weighted by molar-refractivity contribution is -0.131. The van der Waals surface area contributed by atoms with Crippen molar-refractivity contribution in [3.05, 3.63) is 64.8 Å². The summed E-state index contributed by atoms with van der Waals surface area (Å²) in [6.45, 7) is 2.20. The van der Waals surface area contributed by atoms with Crippen molar-refractivity contribution in [2.75, 3.05) is 19.6 Å². The van der Waals surface area contributed by atoms with Gasteiger partial charge in [-0.15, -0.1) is 0 Å². The predicted octanol–water partition coefficient (Wildman–Crippen LogP) is 5.04. The van der Waals surface area contributed by atoms with Gasteiger partial charge in [0.25, 0.3) is 5.91 Å². The first-order chi connectivity index (χ1) is 17.5. The number of amidine groups is 1. The van der Waals surface area contributed by atoms with Crippen molar-refractivity contribution in [3.8, 4) is 11.3 Å². The van der Waals surface area contributed by atoms with E-state index in [4.69, 9.17) is 4.99 Å². The number of benzene rings is 2. The Labute approximate surface area is 218 Å². The number of pyridine rings is 1. The Morgan fingerprint density at radius 1 is 1.00 bits per heavy atom. The van der Waals surface area contributed by atoms with Crippen molar-refractivity contribution in [1.82, 2.24) is 14.8 Å². The van der Waals surface area contributed by atoms with Crippen LogP contribution < -0.4 is 0 Å². The van der Waals surface area contributed by atoms with Gasteiger partial charge in [0.15, 0.2) is 0 Å². The summed E-state index contributed by atoms with van der Waals surface area (Å²) in [7, 11) is 0. The number of aliphatic imine (C=N–C) groups is 1. The highest BCUT2D eigenvalue weighted by Gasteiger charge is 2.57. The third-order valence-corrected chi connectivity index (χ3v) is 8.52. The number of aromatic nitrogens is 1. The number of carbonyl (C=O) groups excluding carboxylic acids is 2. The monoisotopic (exact) mass is 542 g/mol. The Morgan fingerprint density at radius 2 is 1.78 bits per heavy atom. The van der Waals surface area contributed by atoms with Crippen molar-refractivity contribution >= 4 is 44.4 Å². The fraction of sp³-hybridized carbons (Fsp3) is 0.379. The molecule has 1 aromatic heterocycles. The summed E-state index contributed by atoms with van der Waals surface area (Å²) in [6, 6.07) is 16.5. The lowest BCUT2D eigenvalue weighted by atomic mass is 10.0. The predicted molar refractivity (Wildman–Crippen MR) is 143 cm³/mol. The Balaban J connectivity index is 1.12. The molecule has 7 rings (SSSR count). The van der Waals surface area contributed by atoms with E-state index >= 15 is 0 Å². The van der Waals surface area contributed by atoms with Gasteiger partial charge in [-0.2, -0.15) is 0 Å². The van der Waals surface area contributed by atoms with Crippen LogP contribution in [0.1, 0.15) is 37.7 Å². The zero-order chi connectivity index (χ0) is 24.4. The van der Waals surface area contributed by atoms with Crippen LogP contribution in [0.15, 0.2) is 64.2 Å². The molecule has 1 spiro atoms. The fourth-order valence-corrected chi connectivity index (χ4v) is 5.96. The molecule has 2 aliphatic carbocycles. The summed E-state index contributed by atoms with van der Waals surface area (Å²) in [5.74, 6) is 1.78. The third-order valence-electron chi connectivity index (χ3n) is 8.03. The number of rotatable bonds is 5. The number of likely N-dealkylation sites (tertiary alicyclic amines) is 1. The Kier molecular flexibility index (Phi) is 5.07. The maximum atomic E-state index is 13.4. The molecule has 36 heavy (non-hydrogen) atoms. The van der Waals surface area contributed by atoms with Gasteiger partial charge in [-0.1, -0.05) is 46.3 Å². The van der Waals surface area contributed by atoms with Gasteiger partial charge in [0, 0.05) is 52.7 Å². The van der Waals surface area contributed by atoms with Gasteiger partial charge in [-0.25, -0.2) is 0 Å². The molecular formula is C29H27BrN4O2. The quantitative estimate of drug-likeness (QED) is 0.453. The summed E-state index contributed by atoms with van der Waals surface area (Å²) in [4.78, 5) is 39.4. The van der Waals surface area contributed by atoms with Crippen molar-refractivity contribution in [2.45, 2.75) is 37.6 Å². The van der Waals surface area contributed by atoms with E-state index in [-0.39, 0.29) is 11.8 Å². The molecule has 4 aliphatic rings. The molecule has 0 unspecified atom stereocenters. The molecular weight excluding hydrogens is 516 g/mol. The molecule has 2 aromatic carbocycles. The molecule has 0 bridgehead atoms. The topological polar surface area (TPSA) is 65.9 Å². The summed E-state index contributed by atoms with van der Waals surface area (Å²) >= 11 is 3.55. The highest BCUT2D eigenvalue weighted by molar-refractivity contribution is 9.10. The van der Waals surface area contributed by atoms with Crippen LogP contribution in [0.2, 0.25) is 0 Å². The minimum absolute atomic E-state index is 0.135. The molecule has 0 radical (unpaired) electrons. The van der Waals surface area contributed by atoms with Gasteiger partial charge in [0.2, 0.25) is 5.91 Å². The van der Waals surface area contributed by atoms with E-state index in [1.165, 1.54) is 0 Å². The van der Waals surface area contributed by atoms with E-state index < -0.39 is 5.54 Å². The van der Waals surface area contributed by atoms with Gasteiger partial charge in [-0.05, 0) is 61.6 Å². The van der Waals surface area contributed by atoms with Crippen LogP contribution >= 0.6 is 15.9 Å². The third kappa shape index (κ3) is 3.84. The number of amides is 2. The first-order valence-electron chi connectivity index (χ1n) is 12.9. The van der Waals surface area contributed by atoms with E-state index in [2.05, 4.69) is 63.4 Å². The smallest absolute Gasteiger partial charge is 0.256 e. The van der Waals surface area contributed by atoms with Gasteiger partial charge >= 0.3 is 0 Å². The zero-order valence-corrected chi connectivity index (χ0v) is 21.6. The van der Waals surface area contributed by atoms with Crippen molar-refractivity contribution < 1.29 is 9.59 Å². The van der Waals surface area contributed by atoms with Crippen LogP contribution in [0.25, 0.3) is 22.0 Å². The molecule has 2 amide bonds. The standard InChI is InChI=1S/C29H27BrN4O2/c30-24-8-7-22-15-31-25(14-23(22)13-24)19-1-3-20(4-2-19)26-32-29(10-11-29)28(36)34(26)17-18-9-12-33(16-18)27(35)21-5-6-21/h1-4,7-8,13-15,18,21H,5-6,9-12,16-17H2/t18-/m1/s1. The van der Waals surface area contributed by atoms with E-state index in [1.54, 1.807) is 0 Å². The molecule has 1 saturated heterocycles. The molecule has 2 saturated carbocycles. The van der Waals surface area contributed by atoms with Crippen molar-refractivity contribution in [3.63, 3.8) is 0 Å². The summed E-state index contributed by atoms with van der Waals surface area (Å²) < 4.78 is 1.04. The average molecular weight is 543 g/mol. The normalized spacial score (nSPS) is 22.5. The number of hydrogen-bond acceptors (Lipinski definition) is 4. The number of hydrogen-bond donors (Lipinski definition) is 0. The number of fused-ring (bicyclic) bond motifs is 1. The number of carbonyl (C=O) groups is 2. The van der Waals surface area contributed by atoms with Gasteiger partial charge < -0.3 is 4.90 Å². The molecule has 7 heteroatoms. The van der Waals surface area contributed by atoms with Crippen LogP contribution in [0.3, 0.4) is 0 Å². The first kappa shape index (κ1) is 22.2. The second-order valence-corrected chi connectivity index (χ2v) is 11.7. The van der Waals surface area contributed by atoms with Crippen molar-refractivity contribution in [1.29, 1.82) is 0 Å².